The third-order valence-corrected chi connectivity index (χ3v) is 3.48. The minimum absolute atomic E-state index is 0.239. The van der Waals surface area contributed by atoms with Crippen molar-refractivity contribution < 1.29 is 9.47 Å². The molecular formula is C14H14N6O2. The Bertz CT molecular complexity index is 789. The monoisotopic (exact) mass is 298 g/mol. The molecular weight excluding hydrogens is 284 g/mol. The molecule has 1 aliphatic rings. The number of para-hydroxylation sites is 1. The number of nitriles is 1. The van der Waals surface area contributed by atoms with E-state index in [1.807, 2.05) is 12.1 Å². The first kappa shape index (κ1) is 13.8. The van der Waals surface area contributed by atoms with Gasteiger partial charge in [0.1, 0.15) is 18.2 Å². The normalized spacial score (nSPS) is 16.5. The Labute approximate surface area is 126 Å². The van der Waals surface area contributed by atoms with Crippen molar-refractivity contribution in [1.29, 1.82) is 5.26 Å². The molecule has 0 saturated heterocycles. The van der Waals surface area contributed by atoms with Crippen LogP contribution in [0.2, 0.25) is 0 Å². The highest BCUT2D eigenvalue weighted by Crippen LogP contribution is 2.40. The van der Waals surface area contributed by atoms with Gasteiger partial charge in [-0.3, -0.25) is 0 Å². The molecule has 0 aliphatic carbocycles. The van der Waals surface area contributed by atoms with Crippen LogP contribution < -0.4 is 20.5 Å². The van der Waals surface area contributed by atoms with E-state index in [9.17, 15) is 5.26 Å². The van der Waals surface area contributed by atoms with Crippen molar-refractivity contribution in [3.8, 4) is 17.6 Å². The zero-order valence-electron chi connectivity index (χ0n) is 12.1. The second-order valence-corrected chi connectivity index (χ2v) is 4.57. The molecule has 0 radical (unpaired) electrons. The number of nitrogens with two attached hydrogens (primary N) is 1. The fraction of sp³-hybridized carbons (Fsp3) is 0.214. The van der Waals surface area contributed by atoms with Gasteiger partial charge in [0.15, 0.2) is 11.5 Å². The molecule has 0 bridgehead atoms. The molecule has 1 unspecified atom stereocenters. The van der Waals surface area contributed by atoms with Crippen molar-refractivity contribution in [3.05, 3.63) is 35.7 Å². The number of benzene rings is 1. The Kier molecular flexibility index (Phi) is 3.31. The van der Waals surface area contributed by atoms with Crippen LogP contribution in [0.1, 0.15) is 11.6 Å². The molecule has 2 aromatic rings. The predicted octanol–water partition coefficient (Wildman–Crippen LogP) is 1.11. The molecule has 2 heterocycles. The highest BCUT2D eigenvalue weighted by atomic mass is 16.5. The number of methoxy groups -OCH3 is 2. The molecule has 8 nitrogen and oxygen atoms in total. The average molecular weight is 298 g/mol. The molecule has 0 spiro atoms. The summed E-state index contributed by atoms with van der Waals surface area (Å²) in [6.07, 6.45) is 1.37. The summed E-state index contributed by atoms with van der Waals surface area (Å²) in [5.74, 6) is 1.82. The number of aromatic nitrogens is 3. The van der Waals surface area contributed by atoms with E-state index < -0.39 is 6.04 Å². The predicted molar refractivity (Wildman–Crippen MR) is 78.9 cm³/mol. The highest BCUT2D eigenvalue weighted by Gasteiger charge is 2.31. The van der Waals surface area contributed by atoms with E-state index in [0.717, 1.165) is 5.56 Å². The van der Waals surface area contributed by atoms with Crippen molar-refractivity contribution in [2.45, 2.75) is 6.04 Å². The molecule has 1 aromatic heterocycles. The Morgan fingerprint density at radius 2 is 2.18 bits per heavy atom. The lowest BCUT2D eigenvalue weighted by atomic mass is 9.97. The van der Waals surface area contributed by atoms with Crippen LogP contribution in [0.4, 0.5) is 5.95 Å². The SMILES string of the molecule is COc1cccc(C2Nc3ncnn3C(N)=C2C#N)c1OC. The zero-order valence-corrected chi connectivity index (χ0v) is 12.1. The van der Waals surface area contributed by atoms with Gasteiger partial charge in [0.05, 0.1) is 25.8 Å². The zero-order chi connectivity index (χ0) is 15.7. The van der Waals surface area contributed by atoms with Gasteiger partial charge in [-0.2, -0.15) is 20.0 Å². The summed E-state index contributed by atoms with van der Waals surface area (Å²) in [4.78, 5) is 4.09. The number of fused-ring (bicyclic) bond motifs is 1. The smallest absolute Gasteiger partial charge is 0.228 e. The van der Waals surface area contributed by atoms with Gasteiger partial charge >= 0.3 is 0 Å². The van der Waals surface area contributed by atoms with Crippen LogP contribution in [-0.2, 0) is 0 Å². The van der Waals surface area contributed by atoms with E-state index in [4.69, 9.17) is 15.2 Å². The summed E-state index contributed by atoms with van der Waals surface area (Å²) in [5, 5.41) is 16.6. The summed E-state index contributed by atoms with van der Waals surface area (Å²) < 4.78 is 12.1. The number of rotatable bonds is 3. The molecule has 8 heteroatoms. The fourth-order valence-corrected chi connectivity index (χ4v) is 2.47. The van der Waals surface area contributed by atoms with Crippen LogP contribution in [0.3, 0.4) is 0 Å². The maximum Gasteiger partial charge on any atom is 0.228 e. The van der Waals surface area contributed by atoms with E-state index in [2.05, 4.69) is 21.5 Å². The molecule has 1 aliphatic heterocycles. The van der Waals surface area contributed by atoms with Gasteiger partial charge in [0.2, 0.25) is 5.95 Å². The fourth-order valence-electron chi connectivity index (χ4n) is 2.47. The highest BCUT2D eigenvalue weighted by molar-refractivity contribution is 5.67. The Morgan fingerprint density at radius 3 is 2.86 bits per heavy atom. The summed E-state index contributed by atoms with van der Waals surface area (Å²) >= 11 is 0. The van der Waals surface area contributed by atoms with E-state index in [1.54, 1.807) is 20.3 Å². The van der Waals surface area contributed by atoms with Gasteiger partial charge in [-0.1, -0.05) is 12.1 Å². The lowest BCUT2D eigenvalue weighted by Gasteiger charge is -2.26. The van der Waals surface area contributed by atoms with Gasteiger partial charge in [-0.15, -0.1) is 0 Å². The maximum atomic E-state index is 9.48. The second kappa shape index (κ2) is 5.29. The standard InChI is InChI=1S/C14H14N6O2/c1-21-10-5-3-4-8(12(10)22-2)11-9(6-15)13(16)20-14(19-11)17-7-18-20/h3-5,7,11H,16H2,1-2H3,(H,17,18,19). The average Bonchev–Trinajstić information content (AvgIpc) is 3.02. The summed E-state index contributed by atoms with van der Waals surface area (Å²) in [6, 6.07) is 7.08. The summed E-state index contributed by atoms with van der Waals surface area (Å²) in [7, 11) is 3.10. The summed E-state index contributed by atoms with van der Waals surface area (Å²) in [5.41, 5.74) is 7.11. The van der Waals surface area contributed by atoms with Crippen molar-refractivity contribution in [1.82, 2.24) is 14.8 Å². The van der Waals surface area contributed by atoms with Crippen LogP contribution >= 0.6 is 0 Å². The van der Waals surface area contributed by atoms with E-state index in [0.29, 0.717) is 23.0 Å². The van der Waals surface area contributed by atoms with Gasteiger partial charge in [0.25, 0.3) is 0 Å². The van der Waals surface area contributed by atoms with Gasteiger partial charge in [-0.05, 0) is 6.07 Å². The van der Waals surface area contributed by atoms with Crippen molar-refractivity contribution in [2.24, 2.45) is 5.73 Å². The number of ether oxygens (including phenoxy) is 2. The van der Waals surface area contributed by atoms with Crippen LogP contribution in [0.25, 0.3) is 5.82 Å². The molecule has 3 N–H and O–H groups in total. The lowest BCUT2D eigenvalue weighted by molar-refractivity contribution is 0.351. The molecule has 0 saturated carbocycles. The second-order valence-electron chi connectivity index (χ2n) is 4.57. The quantitative estimate of drug-likeness (QED) is 0.873. The van der Waals surface area contributed by atoms with Crippen LogP contribution in [0.15, 0.2) is 30.1 Å². The van der Waals surface area contributed by atoms with Crippen molar-refractivity contribution in [2.75, 3.05) is 19.5 Å². The third-order valence-electron chi connectivity index (χ3n) is 3.48. The van der Waals surface area contributed by atoms with E-state index >= 15 is 0 Å². The van der Waals surface area contributed by atoms with E-state index in [1.165, 1.54) is 11.0 Å². The minimum Gasteiger partial charge on any atom is -0.493 e. The molecule has 1 aromatic carbocycles. The first-order chi connectivity index (χ1) is 10.7. The number of nitrogens with zero attached hydrogens (tertiary/aromatic N) is 4. The van der Waals surface area contributed by atoms with Crippen LogP contribution in [0, 0.1) is 11.3 Å². The molecule has 22 heavy (non-hydrogen) atoms. The maximum absolute atomic E-state index is 9.48. The number of nitrogens with one attached hydrogen (secondary N) is 1. The number of hydrogen-bond acceptors (Lipinski definition) is 7. The molecule has 0 fully saturated rings. The van der Waals surface area contributed by atoms with Crippen LogP contribution in [0.5, 0.6) is 11.5 Å². The first-order valence-corrected chi connectivity index (χ1v) is 6.48. The molecule has 1 atom stereocenters. The Morgan fingerprint density at radius 1 is 1.36 bits per heavy atom. The third kappa shape index (κ3) is 1.91. The van der Waals surface area contributed by atoms with Gasteiger partial charge in [0, 0.05) is 5.56 Å². The van der Waals surface area contributed by atoms with E-state index in [-0.39, 0.29) is 5.82 Å². The largest absolute Gasteiger partial charge is 0.493 e. The van der Waals surface area contributed by atoms with Crippen LogP contribution in [-0.4, -0.2) is 29.0 Å². The summed E-state index contributed by atoms with van der Waals surface area (Å²) in [6.45, 7) is 0. The van der Waals surface area contributed by atoms with Gasteiger partial charge < -0.3 is 20.5 Å². The molecule has 0 amide bonds. The Balaban J connectivity index is 2.18. The van der Waals surface area contributed by atoms with Crippen molar-refractivity contribution >= 4 is 11.8 Å². The molecule has 112 valence electrons. The van der Waals surface area contributed by atoms with Crippen molar-refractivity contribution in [3.63, 3.8) is 0 Å². The first-order valence-electron chi connectivity index (χ1n) is 6.48. The number of anilines is 1. The lowest BCUT2D eigenvalue weighted by Crippen LogP contribution is -2.27. The topological polar surface area (TPSA) is 111 Å². The number of hydrogen-bond donors (Lipinski definition) is 2. The molecule has 3 rings (SSSR count). The van der Waals surface area contributed by atoms with Gasteiger partial charge in [-0.25, -0.2) is 0 Å². The Hall–Kier alpha value is -3.21. The minimum atomic E-state index is -0.494.